The average molecular weight is 471 g/mol. The molecule has 178 valence electrons. The van der Waals surface area contributed by atoms with Gasteiger partial charge in [0.1, 0.15) is 17.7 Å². The molecule has 33 heavy (non-hydrogen) atoms. The lowest BCUT2D eigenvalue weighted by Crippen LogP contribution is -2.45. The van der Waals surface area contributed by atoms with Crippen molar-refractivity contribution in [1.82, 2.24) is 15.5 Å². The molecule has 1 saturated heterocycles. The van der Waals surface area contributed by atoms with Crippen molar-refractivity contribution in [2.45, 2.75) is 49.8 Å². The first-order valence-corrected chi connectivity index (χ1v) is 10.6. The number of amides is 1. The van der Waals surface area contributed by atoms with Crippen molar-refractivity contribution >= 4 is 5.91 Å². The number of hydrogen-bond acceptors (Lipinski definition) is 7. The minimum atomic E-state index is -4.65. The normalized spacial score (nSPS) is 30.8. The highest BCUT2D eigenvalue weighted by Crippen LogP contribution is 2.54. The molecule has 1 N–H and O–H groups in total. The fourth-order valence-electron chi connectivity index (χ4n) is 4.41. The van der Waals surface area contributed by atoms with Crippen LogP contribution in [0.15, 0.2) is 28.7 Å². The van der Waals surface area contributed by atoms with Gasteiger partial charge in [-0.25, -0.2) is 4.39 Å². The van der Waals surface area contributed by atoms with Crippen LogP contribution in [0.3, 0.4) is 0 Å². The summed E-state index contributed by atoms with van der Waals surface area (Å²) in [5.41, 5.74) is 0. The van der Waals surface area contributed by atoms with Crippen molar-refractivity contribution in [3.63, 3.8) is 0 Å². The number of carbonyl (C=O) groups excluding carboxylic acids is 1. The molecule has 2 aromatic rings. The molecule has 0 unspecified atom stereocenters. The third-order valence-electron chi connectivity index (χ3n) is 6.23. The van der Waals surface area contributed by atoms with E-state index in [1.807, 2.05) is 0 Å². The summed E-state index contributed by atoms with van der Waals surface area (Å²) in [6.45, 7) is 0.0627. The van der Waals surface area contributed by atoms with Gasteiger partial charge in [0.2, 0.25) is 11.8 Å². The summed E-state index contributed by atoms with van der Waals surface area (Å²) >= 11 is 0. The number of carbonyl (C=O) groups is 1. The molecule has 8 nitrogen and oxygen atoms in total. The summed E-state index contributed by atoms with van der Waals surface area (Å²) in [5, 5.41) is 10.9. The smallest absolute Gasteiger partial charge is 0.484 e. The lowest BCUT2D eigenvalue weighted by molar-refractivity contribution is -0.352. The van der Waals surface area contributed by atoms with Gasteiger partial charge in [-0.15, -0.1) is 23.4 Å². The Bertz CT molecular complexity index is 993. The van der Waals surface area contributed by atoms with Crippen molar-refractivity contribution in [3.05, 3.63) is 41.9 Å². The minimum absolute atomic E-state index is 0.109. The monoisotopic (exact) mass is 471 g/mol. The van der Waals surface area contributed by atoms with Crippen LogP contribution in [0.5, 0.6) is 5.75 Å². The second kappa shape index (κ2) is 8.56. The number of hydrogen-bond donors (Lipinski definition) is 1. The van der Waals surface area contributed by atoms with Gasteiger partial charge in [0, 0.05) is 5.92 Å². The molecular formula is C21H21F4N3O5. The quantitative estimate of drug-likeness (QED) is 0.620. The highest BCUT2D eigenvalue weighted by Gasteiger charge is 2.54. The van der Waals surface area contributed by atoms with Crippen LogP contribution in [0.1, 0.15) is 43.1 Å². The molecule has 12 heteroatoms. The van der Waals surface area contributed by atoms with E-state index >= 15 is 0 Å². The summed E-state index contributed by atoms with van der Waals surface area (Å²) in [7, 11) is 0. The van der Waals surface area contributed by atoms with Crippen LogP contribution in [-0.2, 0) is 14.3 Å². The maximum absolute atomic E-state index is 12.9. The largest absolute Gasteiger partial charge is 0.522 e. The number of halogens is 4. The fourth-order valence-corrected chi connectivity index (χ4v) is 4.41. The van der Waals surface area contributed by atoms with Gasteiger partial charge < -0.3 is 19.2 Å². The lowest BCUT2D eigenvalue weighted by atomic mass is 9.82. The molecule has 1 aliphatic heterocycles. The van der Waals surface area contributed by atoms with Crippen LogP contribution >= 0.6 is 0 Å². The van der Waals surface area contributed by atoms with Crippen molar-refractivity contribution in [2.75, 3.05) is 13.2 Å². The molecule has 2 aliphatic carbocycles. The third kappa shape index (κ3) is 5.11. The average Bonchev–Trinajstić information content (AvgIpc) is 3.40. The Labute approximate surface area is 185 Å². The van der Waals surface area contributed by atoms with Crippen molar-refractivity contribution < 1.29 is 41.0 Å². The zero-order valence-electron chi connectivity index (χ0n) is 17.3. The number of nitrogens with zero attached hydrogens (tertiary/aromatic N) is 2. The molecular weight excluding hydrogens is 450 g/mol. The van der Waals surface area contributed by atoms with Crippen LogP contribution in [0.25, 0.3) is 0 Å². The summed E-state index contributed by atoms with van der Waals surface area (Å²) in [6.07, 6.45) is -4.77. The SMILES string of the molecule is O=C(COc1ccc(F)cc1)N[C@H]1CO[C@H](c2nnc(C3CC(OC(F)(F)F)C3)o2)[C@H]2C[C@H]21. The number of alkyl halides is 3. The van der Waals surface area contributed by atoms with E-state index < -0.39 is 18.6 Å². The van der Waals surface area contributed by atoms with Crippen molar-refractivity contribution in [2.24, 2.45) is 11.8 Å². The van der Waals surface area contributed by atoms with Gasteiger partial charge >= 0.3 is 6.36 Å². The zero-order chi connectivity index (χ0) is 23.2. The van der Waals surface area contributed by atoms with Gasteiger partial charge in [0.05, 0.1) is 18.8 Å². The van der Waals surface area contributed by atoms with Crippen molar-refractivity contribution in [3.8, 4) is 5.75 Å². The van der Waals surface area contributed by atoms with Crippen LogP contribution in [-0.4, -0.2) is 47.8 Å². The molecule has 3 aliphatic rings. The lowest BCUT2D eigenvalue weighted by Gasteiger charge is -2.33. The second-order valence-corrected chi connectivity index (χ2v) is 8.57. The number of aromatic nitrogens is 2. The Balaban J connectivity index is 1.08. The number of nitrogens with one attached hydrogen (secondary N) is 1. The molecule has 2 saturated carbocycles. The summed E-state index contributed by atoms with van der Waals surface area (Å²) in [6, 6.07) is 5.21. The number of rotatable bonds is 7. The summed E-state index contributed by atoms with van der Waals surface area (Å²) in [5.74, 6) is 0.346. The third-order valence-corrected chi connectivity index (χ3v) is 6.23. The van der Waals surface area contributed by atoms with E-state index in [0.29, 0.717) is 17.5 Å². The molecule has 1 amide bonds. The predicted octanol–water partition coefficient (Wildman–Crippen LogP) is 3.26. The van der Waals surface area contributed by atoms with Crippen LogP contribution in [0.4, 0.5) is 17.6 Å². The van der Waals surface area contributed by atoms with Gasteiger partial charge in [-0.3, -0.25) is 9.53 Å². The molecule has 5 rings (SSSR count). The first-order chi connectivity index (χ1) is 15.7. The Morgan fingerprint density at radius 1 is 1.09 bits per heavy atom. The molecule has 4 atom stereocenters. The number of benzene rings is 1. The molecule has 0 bridgehead atoms. The van der Waals surface area contributed by atoms with E-state index in [4.69, 9.17) is 13.9 Å². The molecule has 2 heterocycles. The van der Waals surface area contributed by atoms with Gasteiger partial charge in [-0.05, 0) is 55.4 Å². The standard InChI is InChI=1S/C21H21F4N3O5/c22-11-1-3-12(4-2-11)30-9-17(29)26-16-8-31-18(15-7-14(15)16)20-28-27-19(32-20)10-5-13(6-10)33-21(23,24)25/h1-4,10,13-16,18H,5-9H2,(H,26,29)/t10?,13?,14-,15+,16+,18+/m1/s1. The Morgan fingerprint density at radius 2 is 1.82 bits per heavy atom. The first-order valence-electron chi connectivity index (χ1n) is 10.6. The van der Waals surface area contributed by atoms with E-state index in [-0.39, 0.29) is 61.6 Å². The zero-order valence-corrected chi connectivity index (χ0v) is 17.3. The van der Waals surface area contributed by atoms with E-state index in [1.165, 1.54) is 24.3 Å². The molecule has 0 spiro atoms. The molecule has 3 fully saturated rings. The van der Waals surface area contributed by atoms with E-state index in [9.17, 15) is 22.4 Å². The summed E-state index contributed by atoms with van der Waals surface area (Å²) < 4.78 is 70.6. The molecule has 1 aromatic heterocycles. The fraction of sp³-hybridized carbons (Fsp3) is 0.571. The van der Waals surface area contributed by atoms with E-state index in [0.717, 1.165) is 6.42 Å². The van der Waals surface area contributed by atoms with Crippen molar-refractivity contribution in [1.29, 1.82) is 0 Å². The summed E-state index contributed by atoms with van der Waals surface area (Å²) in [4.78, 5) is 12.2. The molecule has 0 radical (unpaired) electrons. The van der Waals surface area contributed by atoms with Gasteiger partial charge in [-0.2, -0.15) is 0 Å². The minimum Gasteiger partial charge on any atom is -0.484 e. The second-order valence-electron chi connectivity index (χ2n) is 8.57. The maximum atomic E-state index is 12.9. The van der Waals surface area contributed by atoms with Gasteiger partial charge in [0.15, 0.2) is 6.61 Å². The van der Waals surface area contributed by atoms with Gasteiger partial charge in [0.25, 0.3) is 5.91 Å². The maximum Gasteiger partial charge on any atom is 0.522 e. The van der Waals surface area contributed by atoms with E-state index in [2.05, 4.69) is 20.3 Å². The Hall–Kier alpha value is -2.73. The number of ether oxygens (including phenoxy) is 3. The Kier molecular flexibility index (Phi) is 5.73. The first kappa shape index (κ1) is 22.1. The molecule has 1 aromatic carbocycles. The van der Waals surface area contributed by atoms with Crippen LogP contribution in [0, 0.1) is 17.7 Å². The van der Waals surface area contributed by atoms with Crippen LogP contribution < -0.4 is 10.1 Å². The predicted molar refractivity (Wildman–Crippen MR) is 101 cm³/mol. The highest BCUT2D eigenvalue weighted by molar-refractivity contribution is 5.78. The number of fused-ring (bicyclic) bond motifs is 1. The topological polar surface area (TPSA) is 95.7 Å². The Morgan fingerprint density at radius 3 is 2.55 bits per heavy atom. The van der Waals surface area contributed by atoms with E-state index in [1.54, 1.807) is 0 Å². The highest BCUT2D eigenvalue weighted by atomic mass is 19.4. The van der Waals surface area contributed by atoms with Crippen LogP contribution in [0.2, 0.25) is 0 Å². The van der Waals surface area contributed by atoms with Gasteiger partial charge in [-0.1, -0.05) is 0 Å².